The lowest BCUT2D eigenvalue weighted by molar-refractivity contribution is -0.928. The van der Waals surface area contributed by atoms with Gasteiger partial charge < -0.3 is 32.3 Å². The molecule has 0 N–H and O–H groups in total. The molecule has 0 amide bonds. The Hall–Kier alpha value is -0.0631. The van der Waals surface area contributed by atoms with Crippen LogP contribution in [0.4, 0.5) is 0 Å². The molecular formula is C38H89N3O4Si. The number of quaternary nitrogens is 3. The molecular weight excluding hydrogens is 591 g/mol. The Bertz CT molecular complexity index is 436. The summed E-state index contributed by atoms with van der Waals surface area (Å²) in [6.07, 6.45) is 16.0. The number of rotatable bonds is 26. The lowest BCUT2D eigenvalue weighted by Crippen LogP contribution is -2.75. The summed E-state index contributed by atoms with van der Waals surface area (Å²) in [6, 6.07) is 0. The number of hydrogen-bond acceptors (Lipinski definition) is 4. The first-order valence-corrected chi connectivity index (χ1v) is 21.7. The van der Waals surface area contributed by atoms with E-state index in [9.17, 15) is 14.4 Å². The first-order chi connectivity index (χ1) is 21.8. The monoisotopic (exact) mass is 680 g/mol. The van der Waals surface area contributed by atoms with Crippen molar-refractivity contribution >= 4 is 9.05 Å². The van der Waals surface area contributed by atoms with Gasteiger partial charge in [-0.25, -0.2) is 0 Å². The van der Waals surface area contributed by atoms with Gasteiger partial charge >= 0.3 is 0 Å². The Morgan fingerprint density at radius 1 is 0.304 bits per heavy atom. The predicted molar refractivity (Wildman–Crippen MR) is 200 cm³/mol. The van der Waals surface area contributed by atoms with Crippen molar-refractivity contribution in [1.82, 2.24) is 0 Å². The Kier molecular flexibility index (Phi) is 39.9. The summed E-state index contributed by atoms with van der Waals surface area (Å²) in [5, 5.41) is 0. The summed E-state index contributed by atoms with van der Waals surface area (Å²) in [4.78, 5) is 28.5. The van der Waals surface area contributed by atoms with Crippen LogP contribution in [0.5, 0.6) is 0 Å². The summed E-state index contributed by atoms with van der Waals surface area (Å²) < 4.78 is 7.83. The van der Waals surface area contributed by atoms with Crippen LogP contribution in [0.25, 0.3) is 0 Å². The largest absolute Gasteiger partial charge is 0.861 e. The van der Waals surface area contributed by atoms with Gasteiger partial charge in [0.25, 0.3) is 0 Å². The zero-order valence-corrected chi connectivity index (χ0v) is 35.2. The molecule has 0 fully saturated rings. The van der Waals surface area contributed by atoms with Gasteiger partial charge in [-0.15, -0.1) is 9.05 Å². The second-order valence-electron chi connectivity index (χ2n) is 13.6. The van der Waals surface area contributed by atoms with E-state index >= 15 is 0 Å². The smallest absolute Gasteiger partial charge is 0.0783 e. The molecule has 0 saturated carbocycles. The van der Waals surface area contributed by atoms with Crippen molar-refractivity contribution in [1.29, 1.82) is 0 Å². The van der Waals surface area contributed by atoms with Crippen LogP contribution in [-0.2, 0) is 4.43 Å². The highest BCUT2D eigenvalue weighted by Gasteiger charge is 2.24. The molecule has 0 unspecified atom stereocenters. The fourth-order valence-corrected chi connectivity index (χ4v) is 8.23. The molecule has 0 aliphatic rings. The van der Waals surface area contributed by atoms with Gasteiger partial charge in [-0.3, -0.25) is 0 Å². The van der Waals surface area contributed by atoms with Crippen LogP contribution in [-0.4, -0.2) is 108 Å². The van der Waals surface area contributed by atoms with Crippen LogP contribution < -0.4 is 14.4 Å². The molecule has 0 aliphatic carbocycles. The Labute approximate surface area is 293 Å². The summed E-state index contributed by atoms with van der Waals surface area (Å²) in [7, 11) is -4.91. The second-order valence-corrected chi connectivity index (χ2v) is 14.9. The average Bonchev–Trinajstić information content (AvgIpc) is 2.95. The van der Waals surface area contributed by atoms with Crippen molar-refractivity contribution < 1.29 is 32.3 Å². The second kappa shape index (κ2) is 34.8. The van der Waals surface area contributed by atoms with Crippen molar-refractivity contribution in [2.24, 2.45) is 0 Å². The molecule has 0 saturated heterocycles. The fourth-order valence-electron chi connectivity index (χ4n) is 7.88. The average molecular weight is 680 g/mol. The predicted octanol–water partition coefficient (Wildman–Crippen LogP) is 6.87. The van der Waals surface area contributed by atoms with E-state index in [4.69, 9.17) is 0 Å². The van der Waals surface area contributed by atoms with Crippen molar-refractivity contribution in [3.63, 3.8) is 0 Å². The van der Waals surface area contributed by atoms with E-state index in [2.05, 4.69) is 87.5 Å². The van der Waals surface area contributed by atoms with E-state index in [0.717, 1.165) is 0 Å². The van der Waals surface area contributed by atoms with Gasteiger partial charge in [0.1, 0.15) is 0 Å². The van der Waals surface area contributed by atoms with Gasteiger partial charge in [0.15, 0.2) is 0 Å². The normalized spacial score (nSPS) is 12.0. The Balaban J connectivity index is -0.000000261. The standard InChI is InChI=1S/3C12H28N.C2H5O4Si/c3*1-5-9-13(10-6-2,11-7-3)12-8-4;1-2-6-7(3,4)5/h3*5-12H2,1-4H3;2H2,1H3/q3*+1;-3. The van der Waals surface area contributed by atoms with Crippen LogP contribution in [0, 0.1) is 0 Å². The van der Waals surface area contributed by atoms with Crippen molar-refractivity contribution in [2.75, 3.05) is 85.1 Å². The third-order valence-corrected chi connectivity index (χ3v) is 9.34. The quantitative estimate of drug-likeness (QED) is 0.0739. The number of nitrogens with zero attached hydrogens (tertiary/aromatic N) is 3. The summed E-state index contributed by atoms with van der Waals surface area (Å²) in [5.41, 5.74) is 0. The van der Waals surface area contributed by atoms with E-state index in [0.29, 0.717) is 0 Å². The molecule has 0 aromatic rings. The summed E-state index contributed by atoms with van der Waals surface area (Å²) in [6.45, 7) is 45.7. The van der Waals surface area contributed by atoms with Gasteiger partial charge in [0.05, 0.1) is 78.5 Å². The highest BCUT2D eigenvalue weighted by atomic mass is 28.4. The van der Waals surface area contributed by atoms with Crippen molar-refractivity contribution in [3.05, 3.63) is 0 Å². The van der Waals surface area contributed by atoms with E-state index < -0.39 is 9.05 Å². The zero-order chi connectivity index (χ0) is 36.4. The molecule has 0 rings (SSSR count). The van der Waals surface area contributed by atoms with E-state index in [1.807, 2.05) is 0 Å². The maximum atomic E-state index is 9.51. The molecule has 0 atom stereocenters. The summed E-state index contributed by atoms with van der Waals surface area (Å²) in [5.74, 6) is 0. The third kappa shape index (κ3) is 30.0. The maximum absolute atomic E-state index is 9.51. The lowest BCUT2D eigenvalue weighted by atomic mass is 10.2. The fraction of sp³-hybridized carbons (Fsp3) is 1.00. The first-order valence-electron chi connectivity index (χ1n) is 20.1. The molecule has 0 radical (unpaired) electrons. The molecule has 0 aliphatic heterocycles. The van der Waals surface area contributed by atoms with Gasteiger partial charge in [0.2, 0.25) is 0 Å². The minimum Gasteiger partial charge on any atom is -0.861 e. The molecule has 284 valence electrons. The van der Waals surface area contributed by atoms with Gasteiger partial charge in [-0.1, -0.05) is 83.1 Å². The molecule has 0 heterocycles. The van der Waals surface area contributed by atoms with Crippen LogP contribution in [0.15, 0.2) is 0 Å². The first kappa shape index (κ1) is 52.7. The Morgan fingerprint density at radius 2 is 0.435 bits per heavy atom. The van der Waals surface area contributed by atoms with Gasteiger partial charge in [-0.05, 0) is 84.0 Å². The van der Waals surface area contributed by atoms with Crippen LogP contribution >= 0.6 is 0 Å². The molecule has 0 bridgehead atoms. The van der Waals surface area contributed by atoms with E-state index in [-0.39, 0.29) is 6.61 Å². The van der Waals surface area contributed by atoms with E-state index in [1.54, 1.807) is 0 Å². The third-order valence-electron chi connectivity index (χ3n) is 8.70. The molecule has 7 nitrogen and oxygen atoms in total. The minimum absolute atomic E-state index is 0.0667. The number of hydrogen-bond donors (Lipinski definition) is 0. The minimum atomic E-state index is -4.91. The topological polar surface area (TPSA) is 78.4 Å². The van der Waals surface area contributed by atoms with Gasteiger partial charge in [0, 0.05) is 6.61 Å². The van der Waals surface area contributed by atoms with Gasteiger partial charge in [-0.2, -0.15) is 0 Å². The van der Waals surface area contributed by atoms with Crippen LogP contribution in [0.3, 0.4) is 0 Å². The van der Waals surface area contributed by atoms with Crippen molar-refractivity contribution in [2.45, 2.75) is 167 Å². The molecule has 8 heteroatoms. The molecule has 0 aromatic heterocycles. The van der Waals surface area contributed by atoms with Crippen LogP contribution in [0.2, 0.25) is 0 Å². The lowest BCUT2D eigenvalue weighted by Gasteiger charge is -2.53. The maximum Gasteiger partial charge on any atom is 0.0783 e. The highest BCUT2D eigenvalue weighted by Crippen LogP contribution is 2.14. The van der Waals surface area contributed by atoms with Crippen LogP contribution in [0.1, 0.15) is 167 Å². The SMILES string of the molecule is CCC[N+](CCC)(CCC)CCC.CCC[N+](CCC)(CCC)CCC.CCC[N+](CCC)(CCC)CCC.CCO[Si]([O-])([O-])[O-]. The van der Waals surface area contributed by atoms with Crippen molar-refractivity contribution in [3.8, 4) is 0 Å². The summed E-state index contributed by atoms with van der Waals surface area (Å²) >= 11 is 0. The zero-order valence-electron chi connectivity index (χ0n) is 34.2. The Morgan fingerprint density at radius 3 is 0.478 bits per heavy atom. The highest BCUT2D eigenvalue weighted by molar-refractivity contribution is 6.42. The molecule has 46 heavy (non-hydrogen) atoms. The molecule has 0 aromatic carbocycles. The van der Waals surface area contributed by atoms with E-state index in [1.165, 1.54) is 176 Å². The molecule has 0 spiro atoms.